The molecule has 1 unspecified atom stereocenters. The van der Waals surface area contributed by atoms with Gasteiger partial charge in [-0.05, 0) is 43.3 Å². The lowest BCUT2D eigenvalue weighted by molar-refractivity contribution is -0.123. The summed E-state index contributed by atoms with van der Waals surface area (Å²) in [5.41, 5.74) is 0.900. The first-order valence-corrected chi connectivity index (χ1v) is 7.71. The van der Waals surface area contributed by atoms with Gasteiger partial charge in [0, 0.05) is 4.47 Å². The molecule has 0 aliphatic carbocycles. The Morgan fingerprint density at radius 3 is 2.39 bits per heavy atom. The molecule has 1 N–H and O–H groups in total. The number of esters is 1. The number of rotatable bonds is 5. The normalized spacial score (nSPS) is 11.4. The molecule has 5 nitrogen and oxygen atoms in total. The van der Waals surface area contributed by atoms with Gasteiger partial charge in [0.15, 0.2) is 6.10 Å². The summed E-state index contributed by atoms with van der Waals surface area (Å²) in [5.74, 6) is -0.451. The van der Waals surface area contributed by atoms with Gasteiger partial charge in [0.1, 0.15) is 5.75 Å². The van der Waals surface area contributed by atoms with Gasteiger partial charge >= 0.3 is 5.97 Å². The summed E-state index contributed by atoms with van der Waals surface area (Å²) in [6.07, 6.45) is -0.934. The zero-order valence-corrected chi connectivity index (χ0v) is 14.3. The van der Waals surface area contributed by atoms with Gasteiger partial charge in [-0.2, -0.15) is 0 Å². The van der Waals surface area contributed by atoms with E-state index < -0.39 is 18.0 Å². The molecule has 0 heterocycles. The van der Waals surface area contributed by atoms with Gasteiger partial charge < -0.3 is 14.8 Å². The number of ether oxygens (including phenoxy) is 2. The molecule has 0 aliphatic heterocycles. The van der Waals surface area contributed by atoms with Gasteiger partial charge in [-0.1, -0.05) is 28.1 Å². The maximum Gasteiger partial charge on any atom is 0.338 e. The fourth-order valence-electron chi connectivity index (χ4n) is 1.85. The Hall–Kier alpha value is -2.34. The number of carbonyl (C=O) groups is 2. The van der Waals surface area contributed by atoms with Gasteiger partial charge in [0.2, 0.25) is 0 Å². The smallest absolute Gasteiger partial charge is 0.338 e. The molecule has 2 aromatic rings. The molecule has 0 saturated heterocycles. The Morgan fingerprint density at radius 1 is 1.09 bits per heavy atom. The van der Waals surface area contributed by atoms with Gasteiger partial charge in [-0.25, -0.2) is 4.79 Å². The molecule has 1 amide bonds. The topological polar surface area (TPSA) is 64.6 Å². The van der Waals surface area contributed by atoms with E-state index in [9.17, 15) is 9.59 Å². The van der Waals surface area contributed by atoms with E-state index in [0.29, 0.717) is 17.0 Å². The van der Waals surface area contributed by atoms with Crippen LogP contribution in [-0.4, -0.2) is 25.1 Å². The van der Waals surface area contributed by atoms with Crippen molar-refractivity contribution in [3.8, 4) is 5.75 Å². The predicted molar refractivity (Wildman–Crippen MR) is 90.6 cm³/mol. The SMILES string of the molecule is COc1ccccc1NC(=O)C(C)OC(=O)c1ccc(Br)cc1. The molecule has 0 aromatic heterocycles. The van der Waals surface area contributed by atoms with Crippen molar-refractivity contribution in [3.05, 3.63) is 58.6 Å². The van der Waals surface area contributed by atoms with Crippen LogP contribution in [0.15, 0.2) is 53.0 Å². The highest BCUT2D eigenvalue weighted by Crippen LogP contribution is 2.23. The Kier molecular flexibility index (Phi) is 5.76. The summed E-state index contributed by atoms with van der Waals surface area (Å²) >= 11 is 3.29. The molecule has 120 valence electrons. The van der Waals surface area contributed by atoms with Crippen LogP contribution in [0.5, 0.6) is 5.75 Å². The van der Waals surface area contributed by atoms with Crippen molar-refractivity contribution in [1.29, 1.82) is 0 Å². The first-order chi connectivity index (χ1) is 11.0. The number of carbonyl (C=O) groups excluding carboxylic acids is 2. The molecular weight excluding hydrogens is 362 g/mol. The van der Waals surface area contributed by atoms with Crippen molar-refractivity contribution in [1.82, 2.24) is 0 Å². The van der Waals surface area contributed by atoms with Gasteiger partial charge in [-0.3, -0.25) is 4.79 Å². The van der Waals surface area contributed by atoms with Gasteiger partial charge in [0.25, 0.3) is 5.91 Å². The molecule has 0 spiro atoms. The molecule has 0 aliphatic rings. The van der Waals surface area contributed by atoms with Crippen LogP contribution in [0.4, 0.5) is 5.69 Å². The van der Waals surface area contributed by atoms with Crippen molar-refractivity contribution in [2.75, 3.05) is 12.4 Å². The van der Waals surface area contributed by atoms with Crippen LogP contribution in [0, 0.1) is 0 Å². The predicted octanol–water partition coefficient (Wildman–Crippen LogP) is 3.64. The lowest BCUT2D eigenvalue weighted by atomic mass is 10.2. The average Bonchev–Trinajstić information content (AvgIpc) is 2.55. The van der Waals surface area contributed by atoms with Crippen molar-refractivity contribution in [2.24, 2.45) is 0 Å². The van der Waals surface area contributed by atoms with Gasteiger partial charge in [-0.15, -0.1) is 0 Å². The van der Waals surface area contributed by atoms with Crippen molar-refractivity contribution in [2.45, 2.75) is 13.0 Å². The average molecular weight is 378 g/mol. The molecular formula is C17H16BrNO4. The number of halogens is 1. The molecule has 0 fully saturated rings. The molecule has 2 rings (SSSR count). The standard InChI is InChI=1S/C17H16BrNO4/c1-11(23-17(21)12-7-9-13(18)10-8-12)16(20)19-14-5-3-4-6-15(14)22-2/h3-11H,1-2H3,(H,19,20). The summed E-state index contributed by atoms with van der Waals surface area (Å²) in [7, 11) is 1.52. The second-order valence-electron chi connectivity index (χ2n) is 4.74. The van der Waals surface area contributed by atoms with Crippen LogP contribution in [0.1, 0.15) is 17.3 Å². The molecule has 0 radical (unpaired) electrons. The van der Waals surface area contributed by atoms with Crippen LogP contribution in [-0.2, 0) is 9.53 Å². The van der Waals surface area contributed by atoms with E-state index in [1.807, 2.05) is 0 Å². The zero-order valence-electron chi connectivity index (χ0n) is 12.7. The summed E-state index contributed by atoms with van der Waals surface area (Å²) in [4.78, 5) is 24.2. The maximum atomic E-state index is 12.2. The van der Waals surface area contributed by atoms with E-state index in [0.717, 1.165) is 4.47 Å². The largest absolute Gasteiger partial charge is 0.495 e. The van der Waals surface area contributed by atoms with Crippen molar-refractivity contribution >= 4 is 33.5 Å². The van der Waals surface area contributed by atoms with E-state index in [2.05, 4.69) is 21.2 Å². The number of nitrogens with one attached hydrogen (secondary N) is 1. The van der Waals surface area contributed by atoms with Crippen LogP contribution in [0.2, 0.25) is 0 Å². The molecule has 6 heteroatoms. The Morgan fingerprint density at radius 2 is 1.74 bits per heavy atom. The summed E-state index contributed by atoms with van der Waals surface area (Å²) in [6, 6.07) is 13.7. The third-order valence-electron chi connectivity index (χ3n) is 3.10. The number of hydrogen-bond donors (Lipinski definition) is 1. The number of benzene rings is 2. The Bertz CT molecular complexity index is 700. The second-order valence-corrected chi connectivity index (χ2v) is 5.66. The Balaban J connectivity index is 1.99. The lowest BCUT2D eigenvalue weighted by Crippen LogP contribution is -2.30. The van der Waals surface area contributed by atoms with E-state index >= 15 is 0 Å². The van der Waals surface area contributed by atoms with Crippen LogP contribution in [0.3, 0.4) is 0 Å². The number of anilines is 1. The summed E-state index contributed by atoms with van der Waals surface area (Å²) in [5, 5.41) is 2.68. The fourth-order valence-corrected chi connectivity index (χ4v) is 2.11. The van der Waals surface area contributed by atoms with Crippen LogP contribution >= 0.6 is 15.9 Å². The van der Waals surface area contributed by atoms with E-state index in [4.69, 9.17) is 9.47 Å². The molecule has 0 saturated carbocycles. The lowest BCUT2D eigenvalue weighted by Gasteiger charge is -2.15. The van der Waals surface area contributed by atoms with Crippen molar-refractivity contribution < 1.29 is 19.1 Å². The summed E-state index contributed by atoms with van der Waals surface area (Å²) in [6.45, 7) is 1.52. The number of methoxy groups -OCH3 is 1. The minimum Gasteiger partial charge on any atom is -0.495 e. The highest BCUT2D eigenvalue weighted by atomic mass is 79.9. The molecule has 23 heavy (non-hydrogen) atoms. The quantitative estimate of drug-likeness (QED) is 0.807. The monoisotopic (exact) mass is 377 g/mol. The van der Waals surface area contributed by atoms with Crippen molar-refractivity contribution in [3.63, 3.8) is 0 Å². The first kappa shape index (κ1) is 17.0. The van der Waals surface area contributed by atoms with Crippen LogP contribution in [0.25, 0.3) is 0 Å². The highest BCUT2D eigenvalue weighted by Gasteiger charge is 2.20. The molecule has 0 bridgehead atoms. The third-order valence-corrected chi connectivity index (χ3v) is 3.63. The fraction of sp³-hybridized carbons (Fsp3) is 0.176. The number of amides is 1. The molecule has 2 aromatic carbocycles. The summed E-state index contributed by atoms with van der Waals surface area (Å²) < 4.78 is 11.2. The minimum atomic E-state index is -0.934. The number of hydrogen-bond acceptors (Lipinski definition) is 4. The molecule has 1 atom stereocenters. The maximum absolute atomic E-state index is 12.2. The van der Waals surface area contributed by atoms with E-state index in [1.54, 1.807) is 48.5 Å². The minimum absolute atomic E-state index is 0.380. The first-order valence-electron chi connectivity index (χ1n) is 6.91. The van der Waals surface area contributed by atoms with E-state index in [-0.39, 0.29) is 0 Å². The Labute approximate surface area is 142 Å². The zero-order chi connectivity index (χ0) is 16.8. The second kappa shape index (κ2) is 7.78. The highest BCUT2D eigenvalue weighted by molar-refractivity contribution is 9.10. The van der Waals surface area contributed by atoms with Gasteiger partial charge in [0.05, 0.1) is 18.4 Å². The van der Waals surface area contributed by atoms with Crippen LogP contribution < -0.4 is 10.1 Å². The third kappa shape index (κ3) is 4.56. The number of para-hydroxylation sites is 2. The van der Waals surface area contributed by atoms with E-state index in [1.165, 1.54) is 14.0 Å².